The molecule has 0 aromatic heterocycles. The van der Waals surface area contributed by atoms with Gasteiger partial charge in [0, 0.05) is 18.7 Å². The van der Waals surface area contributed by atoms with Crippen molar-refractivity contribution < 1.29 is 37.1 Å². The van der Waals surface area contributed by atoms with Gasteiger partial charge in [-0.2, -0.15) is 0 Å². The highest BCUT2D eigenvalue weighted by Crippen LogP contribution is 2.39. The summed E-state index contributed by atoms with van der Waals surface area (Å²) >= 11 is 0. The van der Waals surface area contributed by atoms with Gasteiger partial charge in [0.05, 0.1) is 42.6 Å². The summed E-state index contributed by atoms with van der Waals surface area (Å²) in [6.07, 6.45) is 9.95. The van der Waals surface area contributed by atoms with Crippen molar-refractivity contribution in [3.8, 4) is 11.5 Å². The molecule has 4 fully saturated rings. The fourth-order valence-electron chi connectivity index (χ4n) is 10.7. The number of hydrogen-bond acceptors (Lipinski definition) is 11. The van der Waals surface area contributed by atoms with Crippen molar-refractivity contribution in [1.82, 2.24) is 24.9 Å². The maximum absolute atomic E-state index is 14.0. The Hall–Kier alpha value is -4.63. The molecule has 1 unspecified atom stereocenters. The molecule has 0 bridgehead atoms. The van der Waals surface area contributed by atoms with Crippen molar-refractivity contribution in [3.63, 3.8) is 0 Å². The van der Waals surface area contributed by atoms with Gasteiger partial charge >= 0.3 is 0 Å². The van der Waals surface area contributed by atoms with Crippen LogP contribution < -0.4 is 14.8 Å². The lowest BCUT2D eigenvalue weighted by atomic mass is 9.85. The highest BCUT2D eigenvalue weighted by molar-refractivity contribution is 7.90. The summed E-state index contributed by atoms with van der Waals surface area (Å²) in [6.45, 7) is 10.9. The van der Waals surface area contributed by atoms with Crippen molar-refractivity contribution in [2.75, 3.05) is 78.1 Å². The summed E-state index contributed by atoms with van der Waals surface area (Å²) in [5.74, 6) is -0.228. The molecular weight excluding hydrogens is 819 g/mol. The molecule has 0 aliphatic carbocycles. The Labute approximate surface area is 372 Å². The predicted octanol–water partition coefficient (Wildman–Crippen LogP) is 5.91. The maximum atomic E-state index is 14.0. The number of sulfone groups is 1. The van der Waals surface area contributed by atoms with E-state index in [9.17, 15) is 27.6 Å². The maximum Gasteiger partial charge on any atom is 0.262 e. The van der Waals surface area contributed by atoms with E-state index in [4.69, 9.17) is 9.47 Å². The molecule has 5 heterocycles. The molecule has 4 amide bonds. The molecule has 13 nitrogen and oxygen atoms in total. The Morgan fingerprint density at radius 1 is 0.698 bits per heavy atom. The predicted molar refractivity (Wildman–Crippen MR) is 241 cm³/mol. The van der Waals surface area contributed by atoms with E-state index < -0.39 is 33.4 Å². The van der Waals surface area contributed by atoms with Crippen LogP contribution in [0.5, 0.6) is 11.5 Å². The fourth-order valence-corrected chi connectivity index (χ4v) is 11.6. The van der Waals surface area contributed by atoms with E-state index in [1.807, 2.05) is 19.1 Å². The zero-order valence-corrected chi connectivity index (χ0v) is 37.9. The number of methoxy groups -OCH3 is 1. The monoisotopic (exact) mass is 881 g/mol. The summed E-state index contributed by atoms with van der Waals surface area (Å²) in [5, 5.41) is 2.48. The first-order valence-electron chi connectivity index (χ1n) is 23.0. The van der Waals surface area contributed by atoms with Crippen LogP contribution in [0.2, 0.25) is 0 Å². The highest BCUT2D eigenvalue weighted by Gasteiger charge is 2.42. The normalized spacial score (nSPS) is 22.0. The Bertz CT molecular complexity index is 2260. The second kappa shape index (κ2) is 19.6. The largest absolute Gasteiger partial charge is 0.493 e. The average molecular weight is 882 g/mol. The molecule has 3 aromatic rings. The van der Waals surface area contributed by atoms with Gasteiger partial charge in [0.15, 0.2) is 11.5 Å². The Balaban J connectivity index is 0.769. The van der Waals surface area contributed by atoms with Gasteiger partial charge in [-0.15, -0.1) is 0 Å². The van der Waals surface area contributed by atoms with Crippen LogP contribution in [-0.2, 0) is 19.4 Å². The van der Waals surface area contributed by atoms with Crippen molar-refractivity contribution in [2.45, 2.75) is 94.5 Å². The number of nitrogens with one attached hydrogen (secondary N) is 1. The van der Waals surface area contributed by atoms with Gasteiger partial charge in [0.25, 0.3) is 11.8 Å². The zero-order chi connectivity index (χ0) is 44.3. The first-order valence-corrected chi connectivity index (χ1v) is 25.1. The number of benzene rings is 3. The molecule has 0 saturated carbocycles. The molecule has 4 saturated heterocycles. The van der Waals surface area contributed by atoms with Crippen molar-refractivity contribution in [3.05, 3.63) is 94.0 Å². The van der Waals surface area contributed by atoms with Gasteiger partial charge in [0.1, 0.15) is 9.84 Å². The Morgan fingerprint density at radius 3 is 1.94 bits per heavy atom. The van der Waals surface area contributed by atoms with Crippen molar-refractivity contribution >= 4 is 33.5 Å². The number of likely N-dealkylation sites (tertiary alicyclic amines) is 3. The molecule has 5 aliphatic heterocycles. The number of hydrogen-bond donors (Lipinski definition) is 1. The summed E-state index contributed by atoms with van der Waals surface area (Å²) in [7, 11) is -2.07. The van der Waals surface area contributed by atoms with E-state index in [0.717, 1.165) is 107 Å². The van der Waals surface area contributed by atoms with E-state index in [2.05, 4.69) is 44.3 Å². The fraction of sp³-hybridized carbons (Fsp3) is 0.551. The quantitative estimate of drug-likeness (QED) is 0.182. The van der Waals surface area contributed by atoms with Crippen LogP contribution in [0.25, 0.3) is 0 Å². The zero-order valence-electron chi connectivity index (χ0n) is 37.1. The molecular formula is C49H63N5O8S. The van der Waals surface area contributed by atoms with Crippen LogP contribution in [0.15, 0.2) is 60.7 Å². The molecule has 338 valence electrons. The van der Waals surface area contributed by atoms with Crippen LogP contribution in [-0.4, -0.2) is 136 Å². The summed E-state index contributed by atoms with van der Waals surface area (Å²) in [6, 6.07) is 18.8. The van der Waals surface area contributed by atoms with E-state index in [-0.39, 0.29) is 23.7 Å². The first kappa shape index (κ1) is 45.0. The third-order valence-corrected chi connectivity index (χ3v) is 15.2. The summed E-state index contributed by atoms with van der Waals surface area (Å²) in [4.78, 5) is 60.7. The molecule has 3 aromatic carbocycles. The topological polar surface area (TPSA) is 146 Å². The van der Waals surface area contributed by atoms with Crippen LogP contribution in [0.1, 0.15) is 131 Å². The van der Waals surface area contributed by atoms with E-state index >= 15 is 0 Å². The van der Waals surface area contributed by atoms with Crippen molar-refractivity contribution in [2.24, 2.45) is 0 Å². The number of fused-ring (bicyclic) bond motifs is 1. The number of carbonyl (C=O) groups excluding carboxylic acids is 4. The van der Waals surface area contributed by atoms with Crippen LogP contribution in [0.4, 0.5) is 0 Å². The van der Waals surface area contributed by atoms with Gasteiger partial charge in [-0.05, 0) is 169 Å². The first-order chi connectivity index (χ1) is 30.4. The smallest absolute Gasteiger partial charge is 0.262 e. The van der Waals surface area contributed by atoms with Gasteiger partial charge in [-0.25, -0.2) is 8.42 Å². The lowest BCUT2D eigenvalue weighted by Crippen LogP contribution is -2.47. The lowest BCUT2D eigenvalue weighted by molar-refractivity contribution is -0.134. The van der Waals surface area contributed by atoms with Crippen LogP contribution in [0.3, 0.4) is 0 Å². The lowest BCUT2D eigenvalue weighted by Gasteiger charge is -2.42. The minimum atomic E-state index is -3.59. The van der Waals surface area contributed by atoms with Crippen molar-refractivity contribution in [1.29, 1.82) is 0 Å². The van der Waals surface area contributed by atoms with Crippen LogP contribution >= 0.6 is 0 Å². The molecule has 5 aliphatic rings. The van der Waals surface area contributed by atoms with Gasteiger partial charge in [0.2, 0.25) is 11.8 Å². The number of carbonyl (C=O) groups is 4. The van der Waals surface area contributed by atoms with Gasteiger partial charge in [-0.1, -0.05) is 36.4 Å². The van der Waals surface area contributed by atoms with Gasteiger partial charge in [-0.3, -0.25) is 29.4 Å². The number of imide groups is 2. The molecule has 8 rings (SSSR count). The average Bonchev–Trinajstić information content (AvgIpc) is 3.53. The van der Waals surface area contributed by atoms with Gasteiger partial charge < -0.3 is 24.2 Å². The van der Waals surface area contributed by atoms with E-state index in [1.54, 1.807) is 24.3 Å². The SMILES string of the molecule is CCOc1cc([C@@H](CS(C)(=O)=O)N2C(=O)c3ccc(C4CCN(CCCN5CCC(N6CCC(c7ccc(C8CCC(=O)NC8=O)cc7)CC6)CC5)CC4)cc3C2=O)ccc1OC. The number of piperidine rings is 4. The molecule has 0 radical (unpaired) electrons. The standard InChI is InChI=1S/C49H63N5O8S/c1-4-62-45-31-38(11-14-44(45)61-2)43(32-63(3,59)60)54-48(57)41-12-10-37(30-42(41)49(54)58)35-16-24-51(25-17-35)22-5-23-52-26-20-39(21-27-52)53-28-18-34(19-29-53)33-6-8-36(9-7-33)40-13-15-46(55)50-47(40)56/h6-12,14,30-31,34-35,39-40,43H,4-5,13,15-29,32H2,1-3H3,(H,50,55,56)/t40?,43-/m1/s1. The molecule has 63 heavy (non-hydrogen) atoms. The van der Waals surface area contributed by atoms with E-state index in [1.165, 1.54) is 25.5 Å². The minimum Gasteiger partial charge on any atom is -0.493 e. The third kappa shape index (κ3) is 10.3. The number of nitrogens with zero attached hydrogens (tertiary/aromatic N) is 4. The summed E-state index contributed by atoms with van der Waals surface area (Å²) in [5.41, 5.74) is 4.53. The summed E-state index contributed by atoms with van der Waals surface area (Å²) < 4.78 is 36.5. The molecule has 14 heteroatoms. The molecule has 2 atom stereocenters. The number of amides is 4. The highest BCUT2D eigenvalue weighted by atomic mass is 32.2. The third-order valence-electron chi connectivity index (χ3n) is 14.2. The Kier molecular flexibility index (Phi) is 14.0. The molecule has 0 spiro atoms. The number of ether oxygens (including phenoxy) is 2. The second-order valence-corrected chi connectivity index (χ2v) is 20.4. The second-order valence-electron chi connectivity index (χ2n) is 18.3. The number of rotatable bonds is 15. The minimum absolute atomic E-state index is 0.174. The molecule has 1 N–H and O–H groups in total. The van der Waals surface area contributed by atoms with Crippen LogP contribution in [0, 0.1) is 0 Å². The van der Waals surface area contributed by atoms with E-state index in [0.29, 0.717) is 59.6 Å². The Morgan fingerprint density at radius 2 is 1.30 bits per heavy atom.